The standard InChI is InChI=1S/C24H23N5O2/c1-16-5-9-18(10-6-16)14-29-15-20(22(28-29)19-11-7-17(2)8-12-19)23(30)26-27-24(31)21-4-3-13-25-21/h3-13,15,25H,14H2,1-2H3,(H,26,30)(H,27,31). The SMILES string of the molecule is Cc1ccc(Cn2cc(C(=O)NNC(=O)c3ccc[nH]3)c(-c3ccc(C)cc3)n2)cc1. The smallest absolute Gasteiger partial charge is 0.286 e. The van der Waals surface area contributed by atoms with E-state index in [-0.39, 0.29) is 0 Å². The van der Waals surface area contributed by atoms with E-state index in [1.165, 1.54) is 5.56 Å². The van der Waals surface area contributed by atoms with Crippen LogP contribution in [0.4, 0.5) is 0 Å². The fourth-order valence-corrected chi connectivity index (χ4v) is 3.19. The third kappa shape index (κ3) is 4.72. The van der Waals surface area contributed by atoms with Crippen LogP contribution in [0.3, 0.4) is 0 Å². The Morgan fingerprint density at radius 2 is 1.55 bits per heavy atom. The third-order valence-electron chi connectivity index (χ3n) is 4.93. The van der Waals surface area contributed by atoms with Crippen LogP contribution in [-0.2, 0) is 6.54 Å². The number of nitrogens with one attached hydrogen (secondary N) is 3. The molecular formula is C24H23N5O2. The van der Waals surface area contributed by atoms with Crippen LogP contribution in [0.5, 0.6) is 0 Å². The summed E-state index contributed by atoms with van der Waals surface area (Å²) >= 11 is 0. The largest absolute Gasteiger partial charge is 0.357 e. The van der Waals surface area contributed by atoms with Gasteiger partial charge in [0.15, 0.2) is 0 Å². The zero-order valence-corrected chi connectivity index (χ0v) is 17.3. The molecule has 0 radical (unpaired) electrons. The summed E-state index contributed by atoms with van der Waals surface area (Å²) in [5.74, 6) is -0.868. The lowest BCUT2D eigenvalue weighted by Gasteiger charge is -2.06. The van der Waals surface area contributed by atoms with Gasteiger partial charge in [-0.3, -0.25) is 25.1 Å². The van der Waals surface area contributed by atoms with Gasteiger partial charge in [0.2, 0.25) is 0 Å². The van der Waals surface area contributed by atoms with Crippen molar-refractivity contribution < 1.29 is 9.59 Å². The van der Waals surface area contributed by atoms with Crippen LogP contribution in [0.15, 0.2) is 73.1 Å². The average Bonchev–Trinajstić information content (AvgIpc) is 3.44. The van der Waals surface area contributed by atoms with E-state index in [9.17, 15) is 9.59 Å². The molecule has 4 aromatic rings. The summed E-state index contributed by atoms with van der Waals surface area (Å²) in [5.41, 5.74) is 10.4. The zero-order chi connectivity index (χ0) is 21.8. The molecule has 2 aromatic heterocycles. The molecule has 2 amide bonds. The van der Waals surface area contributed by atoms with E-state index >= 15 is 0 Å². The normalized spacial score (nSPS) is 10.6. The minimum atomic E-state index is -0.439. The topological polar surface area (TPSA) is 91.8 Å². The minimum Gasteiger partial charge on any atom is -0.357 e. The van der Waals surface area contributed by atoms with Gasteiger partial charge in [-0.25, -0.2) is 0 Å². The van der Waals surface area contributed by atoms with Gasteiger partial charge in [-0.1, -0.05) is 59.7 Å². The van der Waals surface area contributed by atoms with Gasteiger partial charge < -0.3 is 4.98 Å². The zero-order valence-electron chi connectivity index (χ0n) is 17.3. The molecule has 7 nitrogen and oxygen atoms in total. The van der Waals surface area contributed by atoms with Crippen molar-refractivity contribution in [3.05, 3.63) is 101 Å². The number of hydrazine groups is 1. The molecule has 0 aliphatic carbocycles. The van der Waals surface area contributed by atoms with Gasteiger partial charge in [0.1, 0.15) is 11.4 Å². The molecule has 31 heavy (non-hydrogen) atoms. The summed E-state index contributed by atoms with van der Waals surface area (Å²) in [6, 6.07) is 19.3. The van der Waals surface area contributed by atoms with E-state index in [0.29, 0.717) is 23.5 Å². The van der Waals surface area contributed by atoms with Gasteiger partial charge in [0, 0.05) is 18.0 Å². The number of carbonyl (C=O) groups is 2. The first-order valence-corrected chi connectivity index (χ1v) is 9.94. The number of rotatable bonds is 5. The van der Waals surface area contributed by atoms with Crippen molar-refractivity contribution in [3.63, 3.8) is 0 Å². The summed E-state index contributed by atoms with van der Waals surface area (Å²) in [4.78, 5) is 27.8. The summed E-state index contributed by atoms with van der Waals surface area (Å²) in [6.07, 6.45) is 3.34. The number of aromatic nitrogens is 3. The van der Waals surface area contributed by atoms with Gasteiger partial charge in [-0.2, -0.15) is 5.10 Å². The molecule has 0 bridgehead atoms. The van der Waals surface area contributed by atoms with Gasteiger partial charge >= 0.3 is 0 Å². The van der Waals surface area contributed by atoms with Crippen molar-refractivity contribution in [1.29, 1.82) is 0 Å². The number of hydrogen-bond donors (Lipinski definition) is 3. The highest BCUT2D eigenvalue weighted by atomic mass is 16.2. The monoisotopic (exact) mass is 413 g/mol. The Balaban J connectivity index is 1.59. The highest BCUT2D eigenvalue weighted by Gasteiger charge is 2.19. The lowest BCUT2D eigenvalue weighted by Crippen LogP contribution is -2.41. The van der Waals surface area contributed by atoms with Crippen LogP contribution in [-0.4, -0.2) is 26.6 Å². The summed E-state index contributed by atoms with van der Waals surface area (Å²) in [6.45, 7) is 4.57. The van der Waals surface area contributed by atoms with Crippen molar-refractivity contribution >= 4 is 11.8 Å². The molecular weight excluding hydrogens is 390 g/mol. The van der Waals surface area contributed by atoms with Crippen LogP contribution >= 0.6 is 0 Å². The van der Waals surface area contributed by atoms with Crippen molar-refractivity contribution in [2.75, 3.05) is 0 Å². The maximum atomic E-state index is 12.9. The summed E-state index contributed by atoms with van der Waals surface area (Å²) in [5, 5.41) is 4.66. The second-order valence-electron chi connectivity index (χ2n) is 7.43. The van der Waals surface area contributed by atoms with Crippen molar-refractivity contribution in [2.45, 2.75) is 20.4 Å². The molecule has 0 fully saturated rings. The fourth-order valence-electron chi connectivity index (χ4n) is 3.19. The molecule has 156 valence electrons. The van der Waals surface area contributed by atoms with Crippen LogP contribution in [0.1, 0.15) is 37.5 Å². The molecule has 3 N–H and O–H groups in total. The Hall–Kier alpha value is -4.13. The third-order valence-corrected chi connectivity index (χ3v) is 4.93. The highest BCUT2D eigenvalue weighted by Crippen LogP contribution is 2.23. The first-order chi connectivity index (χ1) is 15.0. The number of aromatic amines is 1. The predicted molar refractivity (Wildman–Crippen MR) is 118 cm³/mol. The second kappa shape index (κ2) is 8.71. The van der Waals surface area contributed by atoms with Gasteiger partial charge in [-0.15, -0.1) is 0 Å². The van der Waals surface area contributed by atoms with Gasteiger partial charge in [0.25, 0.3) is 11.8 Å². The van der Waals surface area contributed by atoms with Crippen LogP contribution in [0.2, 0.25) is 0 Å². The first-order valence-electron chi connectivity index (χ1n) is 9.94. The maximum absolute atomic E-state index is 12.9. The predicted octanol–water partition coefficient (Wildman–Crippen LogP) is 3.62. The van der Waals surface area contributed by atoms with Crippen molar-refractivity contribution in [2.24, 2.45) is 0 Å². The molecule has 7 heteroatoms. The molecule has 2 aromatic carbocycles. The molecule has 0 saturated heterocycles. The summed E-state index contributed by atoms with van der Waals surface area (Å²) < 4.78 is 1.74. The molecule has 0 unspecified atom stereocenters. The Bertz CT molecular complexity index is 1190. The van der Waals surface area contributed by atoms with Gasteiger partial charge in [0.05, 0.1) is 12.1 Å². The van der Waals surface area contributed by atoms with E-state index in [1.807, 2.05) is 62.4 Å². The van der Waals surface area contributed by atoms with Crippen LogP contribution in [0, 0.1) is 13.8 Å². The molecule has 0 aliphatic rings. The molecule has 4 rings (SSSR count). The Kier molecular flexibility index (Phi) is 5.66. The highest BCUT2D eigenvalue weighted by molar-refractivity contribution is 6.01. The molecule has 0 spiro atoms. The Morgan fingerprint density at radius 1 is 0.903 bits per heavy atom. The number of H-pyrrole nitrogens is 1. The Morgan fingerprint density at radius 3 is 2.19 bits per heavy atom. The number of hydrogen-bond acceptors (Lipinski definition) is 3. The van der Waals surface area contributed by atoms with E-state index < -0.39 is 11.8 Å². The number of carbonyl (C=O) groups excluding carboxylic acids is 2. The molecule has 2 heterocycles. The van der Waals surface area contributed by atoms with E-state index in [2.05, 4.69) is 20.9 Å². The minimum absolute atomic E-state index is 0.356. The van der Waals surface area contributed by atoms with E-state index in [1.54, 1.807) is 29.2 Å². The van der Waals surface area contributed by atoms with Gasteiger partial charge in [-0.05, 0) is 31.5 Å². The summed E-state index contributed by atoms with van der Waals surface area (Å²) in [7, 11) is 0. The number of benzene rings is 2. The number of amides is 2. The van der Waals surface area contributed by atoms with Crippen molar-refractivity contribution in [3.8, 4) is 11.3 Å². The molecule has 0 atom stereocenters. The second-order valence-corrected chi connectivity index (χ2v) is 7.43. The van der Waals surface area contributed by atoms with E-state index in [0.717, 1.165) is 16.7 Å². The molecule has 0 aliphatic heterocycles. The lowest BCUT2D eigenvalue weighted by molar-refractivity contribution is 0.0844. The molecule has 0 saturated carbocycles. The number of aryl methyl sites for hydroxylation is 2. The fraction of sp³-hybridized carbons (Fsp3) is 0.125. The maximum Gasteiger partial charge on any atom is 0.286 e. The quantitative estimate of drug-likeness (QED) is 0.437. The van der Waals surface area contributed by atoms with Crippen LogP contribution in [0.25, 0.3) is 11.3 Å². The van der Waals surface area contributed by atoms with E-state index in [4.69, 9.17) is 0 Å². The van der Waals surface area contributed by atoms with Crippen LogP contribution < -0.4 is 10.9 Å². The van der Waals surface area contributed by atoms with Crippen molar-refractivity contribution in [1.82, 2.24) is 25.6 Å². The lowest BCUT2D eigenvalue weighted by atomic mass is 10.1. The Labute approximate surface area is 180 Å². The number of nitrogens with zero attached hydrogens (tertiary/aromatic N) is 2. The average molecular weight is 413 g/mol. The first kappa shape index (κ1) is 20.2.